The lowest BCUT2D eigenvalue weighted by Gasteiger charge is -2.09. The van der Waals surface area contributed by atoms with Gasteiger partial charge in [0.1, 0.15) is 5.82 Å². The molecule has 1 amide bonds. The van der Waals surface area contributed by atoms with Crippen molar-refractivity contribution in [3.8, 4) is 0 Å². The predicted molar refractivity (Wildman–Crippen MR) is 95.8 cm³/mol. The SMILES string of the molecule is NS(=O)(=O)c1ccc(Br)c(C(=O)OCC(=O)Nc2cc(Cl)ccc2F)c1. The van der Waals surface area contributed by atoms with Crippen LogP contribution in [-0.2, 0) is 19.6 Å². The number of amides is 1. The summed E-state index contributed by atoms with van der Waals surface area (Å²) in [6.07, 6.45) is 0. The fourth-order valence-electron chi connectivity index (χ4n) is 1.83. The molecular formula is C15H11BrClFN2O5S. The van der Waals surface area contributed by atoms with Crippen LogP contribution in [0.2, 0.25) is 5.02 Å². The first kappa shape index (κ1) is 20.3. The number of ether oxygens (including phenoxy) is 1. The van der Waals surface area contributed by atoms with E-state index in [2.05, 4.69) is 21.2 Å². The van der Waals surface area contributed by atoms with Gasteiger partial charge in [-0.05, 0) is 52.3 Å². The number of hydrogen-bond acceptors (Lipinski definition) is 5. The summed E-state index contributed by atoms with van der Waals surface area (Å²) in [5.74, 6) is -2.49. The summed E-state index contributed by atoms with van der Waals surface area (Å²) in [6, 6.07) is 7.09. The summed E-state index contributed by atoms with van der Waals surface area (Å²) < 4.78 is 41.3. The third-order valence-corrected chi connectivity index (χ3v) is 4.86. The third kappa shape index (κ3) is 5.24. The smallest absolute Gasteiger partial charge is 0.339 e. The molecule has 11 heteroatoms. The number of halogens is 3. The Kier molecular flexibility index (Phi) is 6.34. The standard InChI is InChI=1S/C15H11BrClFN2O5S/c16-11-3-2-9(26(19,23)24)6-10(11)15(22)25-7-14(21)20-13-5-8(17)1-4-12(13)18/h1-6H,7H2,(H,20,21)(H2,19,23,24). The maximum Gasteiger partial charge on any atom is 0.339 e. The lowest BCUT2D eigenvalue weighted by molar-refractivity contribution is -0.119. The molecule has 0 aliphatic heterocycles. The van der Waals surface area contributed by atoms with Crippen LogP contribution >= 0.6 is 27.5 Å². The van der Waals surface area contributed by atoms with E-state index >= 15 is 0 Å². The van der Waals surface area contributed by atoms with Gasteiger partial charge in [0, 0.05) is 9.50 Å². The third-order valence-electron chi connectivity index (χ3n) is 3.02. The van der Waals surface area contributed by atoms with Crippen molar-refractivity contribution in [1.82, 2.24) is 0 Å². The first-order chi connectivity index (χ1) is 12.1. The maximum atomic E-state index is 13.5. The van der Waals surface area contributed by atoms with E-state index in [0.717, 1.165) is 12.1 Å². The number of sulfonamides is 1. The number of nitrogens with one attached hydrogen (secondary N) is 1. The van der Waals surface area contributed by atoms with Gasteiger partial charge in [0.2, 0.25) is 10.0 Å². The van der Waals surface area contributed by atoms with E-state index in [1.165, 1.54) is 24.3 Å². The second-order valence-corrected chi connectivity index (χ2v) is 7.79. The van der Waals surface area contributed by atoms with Gasteiger partial charge in [-0.1, -0.05) is 11.6 Å². The number of benzene rings is 2. The molecule has 2 aromatic rings. The highest BCUT2D eigenvalue weighted by Gasteiger charge is 2.18. The van der Waals surface area contributed by atoms with Crippen molar-refractivity contribution in [3.63, 3.8) is 0 Å². The predicted octanol–water partition coefficient (Wildman–Crippen LogP) is 2.68. The first-order valence-corrected chi connectivity index (χ1v) is 9.54. The molecule has 0 saturated heterocycles. The van der Waals surface area contributed by atoms with E-state index in [1.54, 1.807) is 0 Å². The molecule has 26 heavy (non-hydrogen) atoms. The molecule has 2 aromatic carbocycles. The Balaban J connectivity index is 2.06. The van der Waals surface area contributed by atoms with Gasteiger partial charge in [-0.15, -0.1) is 0 Å². The highest BCUT2D eigenvalue weighted by atomic mass is 79.9. The molecule has 2 rings (SSSR count). The number of esters is 1. The lowest BCUT2D eigenvalue weighted by atomic mass is 10.2. The minimum atomic E-state index is -4.02. The number of rotatable bonds is 5. The van der Waals surface area contributed by atoms with E-state index in [1.807, 2.05) is 0 Å². The van der Waals surface area contributed by atoms with Crippen molar-refractivity contribution >= 4 is 55.1 Å². The Morgan fingerprint density at radius 1 is 1.23 bits per heavy atom. The molecule has 0 fully saturated rings. The van der Waals surface area contributed by atoms with E-state index in [9.17, 15) is 22.4 Å². The number of carbonyl (C=O) groups excluding carboxylic acids is 2. The van der Waals surface area contributed by atoms with Gasteiger partial charge in [0.25, 0.3) is 5.91 Å². The van der Waals surface area contributed by atoms with Crippen molar-refractivity contribution in [2.75, 3.05) is 11.9 Å². The van der Waals surface area contributed by atoms with Crippen LogP contribution in [0.4, 0.5) is 10.1 Å². The van der Waals surface area contributed by atoms with E-state index in [4.69, 9.17) is 21.5 Å². The number of carbonyl (C=O) groups is 2. The zero-order valence-electron chi connectivity index (χ0n) is 12.8. The number of anilines is 1. The molecule has 138 valence electrons. The van der Waals surface area contributed by atoms with E-state index < -0.39 is 34.3 Å². The van der Waals surface area contributed by atoms with Crippen molar-refractivity contribution in [2.24, 2.45) is 5.14 Å². The van der Waals surface area contributed by atoms with Gasteiger partial charge < -0.3 is 10.1 Å². The molecule has 0 aliphatic carbocycles. The summed E-state index contributed by atoms with van der Waals surface area (Å²) >= 11 is 8.78. The van der Waals surface area contributed by atoms with Crippen molar-refractivity contribution in [2.45, 2.75) is 4.90 Å². The molecule has 0 spiro atoms. The molecule has 0 atom stereocenters. The summed E-state index contributed by atoms with van der Waals surface area (Å²) in [4.78, 5) is 23.6. The fraction of sp³-hybridized carbons (Fsp3) is 0.0667. The zero-order valence-corrected chi connectivity index (χ0v) is 16.0. The maximum absolute atomic E-state index is 13.5. The van der Waals surface area contributed by atoms with Crippen LogP contribution in [0, 0.1) is 5.82 Å². The van der Waals surface area contributed by atoms with Gasteiger partial charge in [0.15, 0.2) is 6.61 Å². The second kappa shape index (κ2) is 8.12. The average molecular weight is 466 g/mol. The minimum Gasteiger partial charge on any atom is -0.452 e. The molecule has 0 saturated carbocycles. The largest absolute Gasteiger partial charge is 0.452 e. The molecule has 0 unspecified atom stereocenters. The van der Waals surface area contributed by atoms with Crippen LogP contribution < -0.4 is 10.5 Å². The van der Waals surface area contributed by atoms with Gasteiger partial charge in [0.05, 0.1) is 16.1 Å². The normalized spacial score (nSPS) is 11.1. The van der Waals surface area contributed by atoms with Crippen LogP contribution in [-0.4, -0.2) is 26.9 Å². The molecule has 0 radical (unpaired) electrons. The first-order valence-electron chi connectivity index (χ1n) is 6.82. The quantitative estimate of drug-likeness (QED) is 0.659. The van der Waals surface area contributed by atoms with Gasteiger partial charge in [-0.2, -0.15) is 0 Å². The Morgan fingerprint density at radius 3 is 2.58 bits per heavy atom. The van der Waals surface area contributed by atoms with Gasteiger partial charge in [-0.3, -0.25) is 4.79 Å². The highest BCUT2D eigenvalue weighted by Crippen LogP contribution is 2.22. The molecule has 0 aliphatic rings. The number of primary sulfonamides is 1. The van der Waals surface area contributed by atoms with Crippen LogP contribution in [0.15, 0.2) is 45.8 Å². The molecule has 0 bridgehead atoms. The Labute approximate surface area is 161 Å². The van der Waals surface area contributed by atoms with Gasteiger partial charge >= 0.3 is 5.97 Å². The Morgan fingerprint density at radius 2 is 1.92 bits per heavy atom. The van der Waals surface area contributed by atoms with Crippen LogP contribution in [0.1, 0.15) is 10.4 Å². The molecule has 0 heterocycles. The van der Waals surface area contributed by atoms with E-state index in [-0.39, 0.29) is 25.6 Å². The number of hydrogen-bond donors (Lipinski definition) is 2. The molecule has 0 aromatic heterocycles. The summed E-state index contributed by atoms with van der Waals surface area (Å²) in [7, 11) is -4.02. The lowest BCUT2D eigenvalue weighted by Crippen LogP contribution is -2.22. The molecular weight excluding hydrogens is 455 g/mol. The van der Waals surface area contributed by atoms with E-state index in [0.29, 0.717) is 0 Å². The van der Waals surface area contributed by atoms with Gasteiger partial charge in [-0.25, -0.2) is 22.7 Å². The van der Waals surface area contributed by atoms with Crippen LogP contribution in [0.5, 0.6) is 0 Å². The summed E-state index contributed by atoms with van der Waals surface area (Å²) in [5, 5.41) is 7.42. The highest BCUT2D eigenvalue weighted by molar-refractivity contribution is 9.10. The average Bonchev–Trinajstić information content (AvgIpc) is 2.55. The summed E-state index contributed by atoms with van der Waals surface area (Å²) in [6.45, 7) is -0.725. The Hall–Kier alpha value is -2.01. The van der Waals surface area contributed by atoms with Crippen molar-refractivity contribution in [1.29, 1.82) is 0 Å². The fourth-order valence-corrected chi connectivity index (χ4v) is 2.95. The second-order valence-electron chi connectivity index (χ2n) is 4.94. The van der Waals surface area contributed by atoms with Crippen LogP contribution in [0.3, 0.4) is 0 Å². The zero-order chi connectivity index (χ0) is 19.5. The van der Waals surface area contributed by atoms with Crippen molar-refractivity contribution < 1.29 is 27.1 Å². The topological polar surface area (TPSA) is 116 Å². The van der Waals surface area contributed by atoms with Crippen molar-refractivity contribution in [3.05, 3.63) is 57.3 Å². The summed E-state index contributed by atoms with van der Waals surface area (Å²) in [5.41, 5.74) is -0.311. The number of nitrogens with two attached hydrogens (primary N) is 1. The Bertz CT molecular complexity index is 984. The molecule has 7 nitrogen and oxygen atoms in total. The molecule has 3 N–H and O–H groups in total. The van der Waals surface area contributed by atoms with Crippen LogP contribution in [0.25, 0.3) is 0 Å². The monoisotopic (exact) mass is 464 g/mol. The minimum absolute atomic E-state index is 0.140.